The summed E-state index contributed by atoms with van der Waals surface area (Å²) in [6, 6.07) is 19.2. The van der Waals surface area contributed by atoms with Crippen LogP contribution in [-0.4, -0.2) is 28.3 Å². The molecule has 2 aromatic carbocycles. The zero-order chi connectivity index (χ0) is 22.7. The Morgan fingerprint density at radius 1 is 1.09 bits per heavy atom. The van der Waals surface area contributed by atoms with E-state index in [-0.39, 0.29) is 17.9 Å². The van der Waals surface area contributed by atoms with Crippen LogP contribution in [0, 0.1) is 6.92 Å². The molecule has 3 aromatic rings. The van der Waals surface area contributed by atoms with Crippen LogP contribution < -0.4 is 4.74 Å². The molecule has 0 spiro atoms. The van der Waals surface area contributed by atoms with E-state index in [0.29, 0.717) is 23.7 Å². The number of aliphatic hydroxyl groups is 1. The van der Waals surface area contributed by atoms with Gasteiger partial charge in [0.2, 0.25) is 5.78 Å². The molecule has 164 valence electrons. The molecule has 1 atom stereocenters. The van der Waals surface area contributed by atoms with Gasteiger partial charge < -0.3 is 19.2 Å². The maximum absolute atomic E-state index is 13.3. The topological polar surface area (TPSA) is 80.0 Å². The number of aryl methyl sites for hydroxylation is 1. The SMILES string of the molecule is CCCOc1cccc(C2C(C(=O)c3ccc(C)o3)=C(O)C(=O)N2Cc2ccccc2)c1. The van der Waals surface area contributed by atoms with Gasteiger partial charge in [0.1, 0.15) is 11.5 Å². The van der Waals surface area contributed by atoms with Crippen molar-refractivity contribution in [2.75, 3.05) is 6.61 Å². The molecule has 0 bridgehead atoms. The molecule has 1 aliphatic rings. The van der Waals surface area contributed by atoms with Gasteiger partial charge in [-0.3, -0.25) is 9.59 Å². The van der Waals surface area contributed by atoms with Crippen LogP contribution in [0.2, 0.25) is 0 Å². The highest BCUT2D eigenvalue weighted by Crippen LogP contribution is 2.41. The second-order valence-electron chi connectivity index (χ2n) is 7.74. The zero-order valence-corrected chi connectivity index (χ0v) is 18.1. The Bertz CT molecular complexity index is 1160. The van der Waals surface area contributed by atoms with Gasteiger partial charge >= 0.3 is 0 Å². The van der Waals surface area contributed by atoms with Crippen molar-refractivity contribution in [2.24, 2.45) is 0 Å². The molecular weight excluding hydrogens is 406 g/mol. The Morgan fingerprint density at radius 3 is 2.56 bits per heavy atom. The lowest BCUT2D eigenvalue weighted by molar-refractivity contribution is -0.130. The van der Waals surface area contributed by atoms with Crippen LogP contribution in [0.4, 0.5) is 0 Å². The van der Waals surface area contributed by atoms with Gasteiger partial charge in [-0.25, -0.2) is 0 Å². The number of rotatable bonds is 8. The summed E-state index contributed by atoms with van der Waals surface area (Å²) in [4.78, 5) is 27.9. The van der Waals surface area contributed by atoms with Crippen LogP contribution in [0.25, 0.3) is 0 Å². The van der Waals surface area contributed by atoms with Crippen LogP contribution in [0.1, 0.15) is 46.8 Å². The van der Waals surface area contributed by atoms with Gasteiger partial charge in [-0.05, 0) is 48.7 Å². The molecule has 0 saturated heterocycles. The van der Waals surface area contributed by atoms with Crippen molar-refractivity contribution in [1.82, 2.24) is 4.90 Å². The van der Waals surface area contributed by atoms with E-state index in [2.05, 4.69) is 0 Å². The third-order valence-electron chi connectivity index (χ3n) is 5.35. The van der Waals surface area contributed by atoms with Crippen LogP contribution in [0.3, 0.4) is 0 Å². The monoisotopic (exact) mass is 431 g/mol. The summed E-state index contributed by atoms with van der Waals surface area (Å²) in [5.74, 6) is -0.352. The summed E-state index contributed by atoms with van der Waals surface area (Å²) >= 11 is 0. The van der Waals surface area contributed by atoms with E-state index in [9.17, 15) is 14.7 Å². The molecule has 6 heteroatoms. The number of hydrogen-bond acceptors (Lipinski definition) is 5. The van der Waals surface area contributed by atoms with Crippen LogP contribution in [0.15, 0.2) is 82.5 Å². The molecule has 1 N–H and O–H groups in total. The van der Waals surface area contributed by atoms with E-state index in [4.69, 9.17) is 9.15 Å². The third-order valence-corrected chi connectivity index (χ3v) is 5.35. The number of amides is 1. The average Bonchev–Trinajstić information content (AvgIpc) is 3.35. The summed E-state index contributed by atoms with van der Waals surface area (Å²) in [7, 11) is 0. The fourth-order valence-electron chi connectivity index (χ4n) is 3.86. The van der Waals surface area contributed by atoms with Crippen molar-refractivity contribution >= 4 is 11.7 Å². The summed E-state index contributed by atoms with van der Waals surface area (Å²) < 4.78 is 11.3. The number of ketones is 1. The first-order chi connectivity index (χ1) is 15.5. The minimum absolute atomic E-state index is 0.00734. The maximum atomic E-state index is 13.3. The molecule has 1 aromatic heterocycles. The average molecular weight is 431 g/mol. The van der Waals surface area contributed by atoms with Gasteiger partial charge in [0.15, 0.2) is 11.5 Å². The number of nitrogens with zero attached hydrogens (tertiary/aromatic N) is 1. The first-order valence-corrected chi connectivity index (χ1v) is 10.6. The first-order valence-electron chi connectivity index (χ1n) is 10.6. The highest BCUT2D eigenvalue weighted by atomic mass is 16.5. The number of carbonyl (C=O) groups is 2. The predicted molar refractivity (Wildman–Crippen MR) is 119 cm³/mol. The van der Waals surface area contributed by atoms with E-state index < -0.39 is 23.5 Å². The van der Waals surface area contributed by atoms with Crippen LogP contribution in [0.5, 0.6) is 5.75 Å². The highest BCUT2D eigenvalue weighted by Gasteiger charge is 2.44. The van der Waals surface area contributed by atoms with Gasteiger partial charge in [0.05, 0.1) is 18.2 Å². The molecular formula is C26H25NO5. The third kappa shape index (κ3) is 4.17. The molecule has 6 nitrogen and oxygen atoms in total. The van der Waals surface area contributed by atoms with Gasteiger partial charge in [0.25, 0.3) is 5.91 Å². The van der Waals surface area contributed by atoms with Gasteiger partial charge in [-0.2, -0.15) is 0 Å². The van der Waals surface area contributed by atoms with E-state index in [1.807, 2.05) is 61.5 Å². The zero-order valence-electron chi connectivity index (χ0n) is 18.1. The van der Waals surface area contributed by atoms with Crippen molar-refractivity contribution in [1.29, 1.82) is 0 Å². The van der Waals surface area contributed by atoms with Gasteiger partial charge in [0, 0.05) is 6.54 Å². The van der Waals surface area contributed by atoms with E-state index >= 15 is 0 Å². The summed E-state index contributed by atoms with van der Waals surface area (Å²) in [5, 5.41) is 10.8. The first kappa shape index (κ1) is 21.4. The Balaban J connectivity index is 1.78. The summed E-state index contributed by atoms with van der Waals surface area (Å²) in [6.45, 7) is 4.55. The van der Waals surface area contributed by atoms with E-state index in [1.54, 1.807) is 19.1 Å². The minimum atomic E-state index is -0.772. The highest BCUT2D eigenvalue weighted by molar-refractivity contribution is 6.15. The Morgan fingerprint density at radius 2 is 1.88 bits per heavy atom. The van der Waals surface area contributed by atoms with Gasteiger partial charge in [-0.1, -0.05) is 49.4 Å². The second kappa shape index (κ2) is 9.14. The smallest absolute Gasteiger partial charge is 0.290 e. The van der Waals surface area contributed by atoms with Crippen molar-refractivity contribution in [3.8, 4) is 5.75 Å². The molecule has 2 heterocycles. The largest absolute Gasteiger partial charge is 0.503 e. The van der Waals surface area contributed by atoms with E-state index in [1.165, 1.54) is 4.90 Å². The van der Waals surface area contributed by atoms with E-state index in [0.717, 1.165) is 12.0 Å². The lowest BCUT2D eigenvalue weighted by atomic mass is 9.94. The minimum Gasteiger partial charge on any atom is -0.503 e. The predicted octanol–water partition coefficient (Wildman–Crippen LogP) is 5.16. The molecule has 32 heavy (non-hydrogen) atoms. The van der Waals surface area contributed by atoms with Crippen LogP contribution in [-0.2, 0) is 11.3 Å². The number of furan rings is 1. The van der Waals surface area contributed by atoms with Crippen molar-refractivity contribution in [3.63, 3.8) is 0 Å². The van der Waals surface area contributed by atoms with Crippen molar-refractivity contribution in [3.05, 3.63) is 101 Å². The number of hydrogen-bond donors (Lipinski definition) is 1. The molecule has 1 amide bonds. The fourth-order valence-corrected chi connectivity index (χ4v) is 3.86. The standard InChI is InChI=1S/C26H25NO5/c1-3-14-31-20-11-7-10-19(15-20)23-22(24(28)21-13-12-17(2)32-21)25(29)26(30)27(23)16-18-8-5-4-6-9-18/h4-13,15,23,29H,3,14,16H2,1-2H3. The number of ether oxygens (including phenoxy) is 1. The molecule has 0 saturated carbocycles. The summed E-state index contributed by atoms with van der Waals surface area (Å²) in [6.07, 6.45) is 0.856. The number of benzene rings is 2. The number of aliphatic hydroxyl groups excluding tert-OH is 1. The Labute approximate surface area is 186 Å². The number of Topliss-reactive ketones (excluding diaryl/α,β-unsaturated/α-hetero) is 1. The normalized spacial score (nSPS) is 16.0. The fraction of sp³-hybridized carbons (Fsp3) is 0.231. The molecule has 1 unspecified atom stereocenters. The number of carbonyl (C=O) groups excluding carboxylic acids is 2. The lowest BCUT2D eigenvalue weighted by Crippen LogP contribution is -2.30. The quantitative estimate of drug-likeness (QED) is 0.499. The summed E-state index contributed by atoms with van der Waals surface area (Å²) in [5.41, 5.74) is 1.58. The maximum Gasteiger partial charge on any atom is 0.290 e. The lowest BCUT2D eigenvalue weighted by Gasteiger charge is -2.27. The molecule has 4 rings (SSSR count). The van der Waals surface area contributed by atoms with Crippen molar-refractivity contribution in [2.45, 2.75) is 32.9 Å². The van der Waals surface area contributed by atoms with Crippen LogP contribution >= 0.6 is 0 Å². The van der Waals surface area contributed by atoms with Crippen molar-refractivity contribution < 1.29 is 23.8 Å². The molecule has 0 radical (unpaired) electrons. The Kier molecular flexibility index (Phi) is 6.12. The molecule has 1 aliphatic heterocycles. The second-order valence-corrected chi connectivity index (χ2v) is 7.74. The Hall–Kier alpha value is -3.80. The molecule has 0 aliphatic carbocycles. The molecule has 0 fully saturated rings. The van der Waals surface area contributed by atoms with Gasteiger partial charge in [-0.15, -0.1) is 0 Å².